The number of halogens is 1. The Morgan fingerprint density at radius 2 is 2.05 bits per heavy atom. The summed E-state index contributed by atoms with van der Waals surface area (Å²) in [6.45, 7) is 7.35. The van der Waals surface area contributed by atoms with Gasteiger partial charge in [0.1, 0.15) is 0 Å². The average Bonchev–Trinajstić information content (AvgIpc) is 2.90. The molecule has 0 radical (unpaired) electrons. The number of hydrogen-bond acceptors (Lipinski definition) is 2. The summed E-state index contributed by atoms with van der Waals surface area (Å²) in [5.74, 6) is 0. The summed E-state index contributed by atoms with van der Waals surface area (Å²) < 4.78 is 3.28. The lowest BCUT2D eigenvalue weighted by molar-refractivity contribution is 0.540. The summed E-state index contributed by atoms with van der Waals surface area (Å²) in [4.78, 5) is 0. The van der Waals surface area contributed by atoms with Crippen molar-refractivity contribution < 1.29 is 0 Å². The molecule has 0 saturated heterocycles. The maximum atomic E-state index is 4.64. The SMILES string of the molecule is CCc1cc(CC(NC)c2ccc(Br)c(C)c2)n(CC)n1. The molecule has 114 valence electrons. The van der Waals surface area contributed by atoms with Crippen molar-refractivity contribution >= 4 is 15.9 Å². The number of aryl methyl sites for hydroxylation is 3. The summed E-state index contributed by atoms with van der Waals surface area (Å²) >= 11 is 3.57. The molecule has 0 aliphatic rings. The predicted molar refractivity (Wildman–Crippen MR) is 91.7 cm³/mol. The minimum Gasteiger partial charge on any atom is -0.313 e. The zero-order valence-electron chi connectivity index (χ0n) is 13.3. The van der Waals surface area contributed by atoms with E-state index >= 15 is 0 Å². The fourth-order valence-electron chi connectivity index (χ4n) is 2.61. The van der Waals surface area contributed by atoms with Gasteiger partial charge < -0.3 is 5.32 Å². The summed E-state index contributed by atoms with van der Waals surface area (Å²) in [6, 6.07) is 9.11. The quantitative estimate of drug-likeness (QED) is 0.852. The van der Waals surface area contributed by atoms with Crippen LogP contribution >= 0.6 is 15.9 Å². The molecule has 4 heteroatoms. The van der Waals surface area contributed by atoms with Crippen molar-refractivity contribution in [1.82, 2.24) is 15.1 Å². The second kappa shape index (κ2) is 7.23. The van der Waals surface area contributed by atoms with Crippen molar-refractivity contribution in [3.05, 3.63) is 51.3 Å². The first-order valence-corrected chi connectivity index (χ1v) is 8.37. The van der Waals surface area contributed by atoms with Gasteiger partial charge in [-0.1, -0.05) is 35.0 Å². The molecule has 0 aliphatic heterocycles. The van der Waals surface area contributed by atoms with Crippen LogP contribution in [0.25, 0.3) is 0 Å². The molecule has 3 nitrogen and oxygen atoms in total. The molecule has 21 heavy (non-hydrogen) atoms. The van der Waals surface area contributed by atoms with Gasteiger partial charge in [0.25, 0.3) is 0 Å². The van der Waals surface area contributed by atoms with E-state index < -0.39 is 0 Å². The maximum absolute atomic E-state index is 4.64. The van der Waals surface area contributed by atoms with Crippen molar-refractivity contribution in [2.24, 2.45) is 0 Å². The summed E-state index contributed by atoms with van der Waals surface area (Å²) in [5, 5.41) is 8.08. The molecule has 1 aromatic heterocycles. The van der Waals surface area contributed by atoms with Crippen LogP contribution in [-0.2, 0) is 19.4 Å². The Morgan fingerprint density at radius 3 is 2.62 bits per heavy atom. The Bertz CT molecular complexity index is 604. The number of nitrogens with one attached hydrogen (secondary N) is 1. The summed E-state index contributed by atoms with van der Waals surface area (Å²) in [7, 11) is 2.02. The lowest BCUT2D eigenvalue weighted by Crippen LogP contribution is -2.20. The Kier molecular flexibility index (Phi) is 5.59. The third-order valence-electron chi connectivity index (χ3n) is 3.92. The first-order chi connectivity index (χ1) is 10.1. The van der Waals surface area contributed by atoms with Gasteiger partial charge in [-0.3, -0.25) is 4.68 Å². The van der Waals surface area contributed by atoms with Crippen molar-refractivity contribution in [2.75, 3.05) is 7.05 Å². The molecule has 1 unspecified atom stereocenters. The van der Waals surface area contributed by atoms with E-state index in [9.17, 15) is 0 Å². The second-order valence-electron chi connectivity index (χ2n) is 5.35. The normalized spacial score (nSPS) is 12.6. The van der Waals surface area contributed by atoms with Gasteiger partial charge in [-0.2, -0.15) is 5.10 Å². The first kappa shape index (κ1) is 16.2. The molecule has 0 bridgehead atoms. The largest absolute Gasteiger partial charge is 0.313 e. The monoisotopic (exact) mass is 349 g/mol. The topological polar surface area (TPSA) is 29.9 Å². The van der Waals surface area contributed by atoms with E-state index in [1.54, 1.807) is 0 Å². The Labute approximate surface area is 135 Å². The number of rotatable bonds is 6. The summed E-state index contributed by atoms with van der Waals surface area (Å²) in [6.07, 6.45) is 1.94. The van der Waals surface area contributed by atoms with Crippen molar-refractivity contribution in [3.8, 4) is 0 Å². The van der Waals surface area contributed by atoms with Crippen LogP contribution < -0.4 is 5.32 Å². The van der Waals surface area contributed by atoms with Crippen LogP contribution in [0.15, 0.2) is 28.7 Å². The molecule has 0 spiro atoms. The number of benzene rings is 1. The Balaban J connectivity index is 2.26. The second-order valence-corrected chi connectivity index (χ2v) is 6.20. The molecule has 2 aromatic rings. The molecular formula is C17H24BrN3. The van der Waals surface area contributed by atoms with Gasteiger partial charge in [0.15, 0.2) is 0 Å². The van der Waals surface area contributed by atoms with E-state index in [1.165, 1.54) is 22.5 Å². The standard InChI is InChI=1S/C17H24BrN3/c1-5-14-10-15(21(6-2)20-14)11-17(19-4)13-7-8-16(18)12(3)9-13/h7-10,17,19H,5-6,11H2,1-4H3. The van der Waals surface area contributed by atoms with Gasteiger partial charge in [0, 0.05) is 29.2 Å². The van der Waals surface area contributed by atoms with E-state index in [1.807, 2.05) is 7.05 Å². The van der Waals surface area contributed by atoms with Crippen LogP contribution in [0.3, 0.4) is 0 Å². The summed E-state index contributed by atoms with van der Waals surface area (Å²) in [5.41, 5.74) is 5.06. The number of nitrogens with zero attached hydrogens (tertiary/aromatic N) is 2. The zero-order valence-corrected chi connectivity index (χ0v) is 14.9. The van der Waals surface area contributed by atoms with Crippen molar-refractivity contribution in [3.63, 3.8) is 0 Å². The van der Waals surface area contributed by atoms with E-state index in [2.05, 4.69) is 76.1 Å². The van der Waals surface area contributed by atoms with Gasteiger partial charge in [-0.05, 0) is 50.6 Å². The van der Waals surface area contributed by atoms with Gasteiger partial charge in [0.2, 0.25) is 0 Å². The van der Waals surface area contributed by atoms with Crippen LogP contribution in [0.1, 0.15) is 42.4 Å². The minimum atomic E-state index is 0.309. The molecule has 1 heterocycles. The number of aromatic nitrogens is 2. The fourth-order valence-corrected chi connectivity index (χ4v) is 2.85. The molecule has 1 atom stereocenters. The molecule has 0 fully saturated rings. The molecule has 1 aromatic carbocycles. The third kappa shape index (κ3) is 3.74. The highest BCUT2D eigenvalue weighted by Gasteiger charge is 2.15. The number of hydrogen-bond donors (Lipinski definition) is 1. The van der Waals surface area contributed by atoms with E-state index in [0.29, 0.717) is 6.04 Å². The van der Waals surface area contributed by atoms with Crippen LogP contribution in [0.5, 0.6) is 0 Å². The molecule has 1 N–H and O–H groups in total. The smallest absolute Gasteiger partial charge is 0.0624 e. The van der Waals surface area contributed by atoms with Gasteiger partial charge >= 0.3 is 0 Å². The van der Waals surface area contributed by atoms with E-state index in [0.717, 1.165) is 23.9 Å². The average molecular weight is 350 g/mol. The van der Waals surface area contributed by atoms with Crippen LogP contribution in [-0.4, -0.2) is 16.8 Å². The molecular weight excluding hydrogens is 326 g/mol. The number of likely N-dealkylation sites (N-methyl/N-ethyl adjacent to an activating group) is 1. The molecule has 0 aliphatic carbocycles. The molecule has 2 rings (SSSR count). The highest BCUT2D eigenvalue weighted by Crippen LogP contribution is 2.24. The highest BCUT2D eigenvalue weighted by molar-refractivity contribution is 9.10. The maximum Gasteiger partial charge on any atom is 0.0624 e. The Hall–Kier alpha value is -1.13. The van der Waals surface area contributed by atoms with Crippen molar-refractivity contribution in [2.45, 2.75) is 46.2 Å². The Morgan fingerprint density at radius 1 is 1.29 bits per heavy atom. The van der Waals surface area contributed by atoms with E-state index in [4.69, 9.17) is 0 Å². The van der Waals surface area contributed by atoms with Crippen LogP contribution in [0.2, 0.25) is 0 Å². The van der Waals surface area contributed by atoms with E-state index in [-0.39, 0.29) is 0 Å². The lowest BCUT2D eigenvalue weighted by Gasteiger charge is -2.18. The third-order valence-corrected chi connectivity index (χ3v) is 4.81. The van der Waals surface area contributed by atoms with Gasteiger partial charge in [-0.15, -0.1) is 0 Å². The van der Waals surface area contributed by atoms with Gasteiger partial charge in [-0.25, -0.2) is 0 Å². The molecule has 0 saturated carbocycles. The fraction of sp³-hybridized carbons (Fsp3) is 0.471. The van der Waals surface area contributed by atoms with Gasteiger partial charge in [0.05, 0.1) is 5.69 Å². The minimum absolute atomic E-state index is 0.309. The highest BCUT2D eigenvalue weighted by atomic mass is 79.9. The zero-order chi connectivity index (χ0) is 15.4. The van der Waals surface area contributed by atoms with Crippen LogP contribution in [0, 0.1) is 6.92 Å². The first-order valence-electron chi connectivity index (χ1n) is 7.57. The lowest BCUT2D eigenvalue weighted by atomic mass is 10.00. The van der Waals surface area contributed by atoms with Crippen molar-refractivity contribution in [1.29, 1.82) is 0 Å². The van der Waals surface area contributed by atoms with Crippen LogP contribution in [0.4, 0.5) is 0 Å². The molecule has 0 amide bonds. The predicted octanol–water partition coefficient (Wildman–Crippen LogP) is 4.04.